The highest BCUT2D eigenvalue weighted by molar-refractivity contribution is 7.13. The number of aromatic nitrogens is 4. The number of hydrogen-bond acceptors (Lipinski definition) is 6. The van der Waals surface area contributed by atoms with Crippen LogP contribution in [-0.4, -0.2) is 31.6 Å². The first kappa shape index (κ1) is 20.6. The molecule has 0 fully saturated rings. The van der Waals surface area contributed by atoms with Crippen LogP contribution in [-0.2, 0) is 0 Å². The average Bonchev–Trinajstić information content (AvgIpc) is 3.36. The average molecular weight is 438 g/mol. The topological polar surface area (TPSA) is 116 Å². The van der Waals surface area contributed by atoms with E-state index in [1.54, 1.807) is 36.1 Å². The lowest BCUT2D eigenvalue weighted by molar-refractivity contribution is 0.0935. The number of thiazole rings is 1. The predicted octanol–water partition coefficient (Wildman–Crippen LogP) is 3.30. The van der Waals surface area contributed by atoms with Crippen LogP contribution in [0.1, 0.15) is 50.1 Å². The Morgan fingerprint density at radius 3 is 2.61 bits per heavy atom. The van der Waals surface area contributed by atoms with Crippen molar-refractivity contribution < 1.29 is 14.0 Å². The molecule has 0 radical (unpaired) electrons. The number of carbonyl (C=O) groups is 2. The van der Waals surface area contributed by atoms with Gasteiger partial charge < -0.3 is 11.1 Å². The molecule has 3 aromatic heterocycles. The van der Waals surface area contributed by atoms with Crippen LogP contribution in [0.25, 0.3) is 16.6 Å². The van der Waals surface area contributed by atoms with Gasteiger partial charge in [0.25, 0.3) is 11.8 Å². The monoisotopic (exact) mass is 438 g/mol. The van der Waals surface area contributed by atoms with E-state index in [-0.39, 0.29) is 17.8 Å². The van der Waals surface area contributed by atoms with Crippen LogP contribution >= 0.6 is 11.3 Å². The second-order valence-electron chi connectivity index (χ2n) is 6.92. The molecule has 0 aliphatic heterocycles. The fourth-order valence-corrected chi connectivity index (χ4v) is 4.33. The van der Waals surface area contributed by atoms with Gasteiger partial charge in [0.1, 0.15) is 15.7 Å². The highest BCUT2D eigenvalue weighted by Gasteiger charge is 2.22. The van der Waals surface area contributed by atoms with Gasteiger partial charge in [-0.05, 0) is 37.6 Å². The van der Waals surface area contributed by atoms with E-state index in [0.717, 1.165) is 0 Å². The van der Waals surface area contributed by atoms with Crippen LogP contribution in [0.15, 0.2) is 42.9 Å². The number of carbonyl (C=O) groups excluding carboxylic acids is 2. The third-order valence-corrected chi connectivity index (χ3v) is 6.15. The Morgan fingerprint density at radius 2 is 1.97 bits per heavy atom. The molecular formula is C21H19FN6O2S. The lowest BCUT2D eigenvalue weighted by atomic mass is 10.1. The zero-order valence-corrected chi connectivity index (χ0v) is 17.6. The number of amides is 2. The van der Waals surface area contributed by atoms with Gasteiger partial charge in [-0.15, -0.1) is 11.3 Å². The molecule has 0 aliphatic rings. The molecular weight excluding hydrogens is 419 g/mol. The molecule has 158 valence electrons. The van der Waals surface area contributed by atoms with Crippen molar-refractivity contribution in [3.05, 3.63) is 69.8 Å². The maximum Gasteiger partial charge on any atom is 0.260 e. The first-order valence-electron chi connectivity index (χ1n) is 9.54. The van der Waals surface area contributed by atoms with Crippen molar-refractivity contribution in [1.82, 2.24) is 25.1 Å². The molecule has 1 atom stereocenters. The van der Waals surface area contributed by atoms with Crippen LogP contribution in [0.5, 0.6) is 0 Å². The Bertz CT molecular complexity index is 1280. The summed E-state index contributed by atoms with van der Waals surface area (Å²) in [6.07, 6.45) is 5.23. The zero-order chi connectivity index (χ0) is 22.1. The number of hydrogen-bond donors (Lipinski definition) is 2. The van der Waals surface area contributed by atoms with Crippen LogP contribution in [0.2, 0.25) is 0 Å². The number of aryl methyl sites for hydroxylation is 1. The van der Waals surface area contributed by atoms with Gasteiger partial charge in [0, 0.05) is 11.6 Å². The van der Waals surface area contributed by atoms with E-state index >= 15 is 0 Å². The second kappa shape index (κ2) is 8.23. The summed E-state index contributed by atoms with van der Waals surface area (Å²) >= 11 is 1.18. The van der Waals surface area contributed by atoms with Crippen molar-refractivity contribution >= 4 is 34.1 Å². The summed E-state index contributed by atoms with van der Waals surface area (Å²) in [6, 6.07) is 5.50. The summed E-state index contributed by atoms with van der Waals surface area (Å²) in [4.78, 5) is 33.6. The smallest absolute Gasteiger partial charge is 0.260 e. The van der Waals surface area contributed by atoms with Crippen LogP contribution in [0.4, 0.5) is 4.39 Å². The first-order valence-corrected chi connectivity index (χ1v) is 10.4. The molecule has 1 aromatic carbocycles. The molecule has 0 saturated carbocycles. The second-order valence-corrected chi connectivity index (χ2v) is 7.95. The molecule has 3 N–H and O–H groups in total. The van der Waals surface area contributed by atoms with Crippen LogP contribution in [0, 0.1) is 12.7 Å². The van der Waals surface area contributed by atoms with E-state index in [0.29, 0.717) is 44.2 Å². The van der Waals surface area contributed by atoms with Crippen molar-refractivity contribution in [3.8, 4) is 5.69 Å². The molecule has 3 heterocycles. The maximum absolute atomic E-state index is 13.3. The summed E-state index contributed by atoms with van der Waals surface area (Å²) in [5.41, 5.74) is 7.56. The van der Waals surface area contributed by atoms with Crippen molar-refractivity contribution in [1.29, 1.82) is 0 Å². The van der Waals surface area contributed by atoms with Crippen molar-refractivity contribution in [2.75, 3.05) is 0 Å². The molecule has 0 aliphatic carbocycles. The van der Waals surface area contributed by atoms with E-state index in [1.807, 2.05) is 6.92 Å². The minimum atomic E-state index is -0.537. The number of benzene rings is 1. The number of primary amides is 1. The Kier molecular flexibility index (Phi) is 5.47. The van der Waals surface area contributed by atoms with Crippen LogP contribution in [0.3, 0.4) is 0 Å². The Balaban J connectivity index is 1.65. The summed E-state index contributed by atoms with van der Waals surface area (Å²) < 4.78 is 14.8. The zero-order valence-electron chi connectivity index (χ0n) is 16.8. The highest BCUT2D eigenvalue weighted by Crippen LogP contribution is 2.27. The molecule has 10 heteroatoms. The van der Waals surface area contributed by atoms with Crippen molar-refractivity contribution in [3.63, 3.8) is 0 Å². The van der Waals surface area contributed by atoms with Gasteiger partial charge in [0.15, 0.2) is 0 Å². The minimum Gasteiger partial charge on any atom is -0.365 e. The Hall–Kier alpha value is -3.66. The molecule has 4 rings (SSSR count). The Morgan fingerprint density at radius 1 is 1.23 bits per heavy atom. The van der Waals surface area contributed by atoms with Gasteiger partial charge in [-0.2, -0.15) is 5.10 Å². The predicted molar refractivity (Wildman–Crippen MR) is 115 cm³/mol. The van der Waals surface area contributed by atoms with Gasteiger partial charge in [-0.25, -0.2) is 14.1 Å². The number of nitrogens with two attached hydrogens (primary N) is 1. The molecule has 4 aromatic rings. The third-order valence-electron chi connectivity index (χ3n) is 4.86. The highest BCUT2D eigenvalue weighted by atomic mass is 32.1. The largest absolute Gasteiger partial charge is 0.365 e. The fourth-order valence-electron chi connectivity index (χ4n) is 3.28. The quantitative estimate of drug-likeness (QED) is 0.479. The molecule has 0 unspecified atom stereocenters. The van der Waals surface area contributed by atoms with E-state index in [9.17, 15) is 14.0 Å². The summed E-state index contributed by atoms with van der Waals surface area (Å²) in [6.45, 7) is 3.63. The lowest BCUT2D eigenvalue weighted by Gasteiger charge is -2.14. The van der Waals surface area contributed by atoms with E-state index in [4.69, 9.17) is 5.73 Å². The van der Waals surface area contributed by atoms with Crippen LogP contribution < -0.4 is 11.1 Å². The number of fused-ring (bicyclic) bond motifs is 1. The summed E-state index contributed by atoms with van der Waals surface area (Å²) in [5, 5.41) is 8.53. The SMILES string of the molecule is CC[C@H](NC(=O)c1cncc2c1cnn2-c1ccc(F)cc1)c1nc(C)c(C(N)=O)s1. The number of halogens is 1. The molecule has 0 saturated heterocycles. The summed E-state index contributed by atoms with van der Waals surface area (Å²) in [5.74, 6) is -1.22. The molecule has 2 amide bonds. The third kappa shape index (κ3) is 3.89. The van der Waals surface area contributed by atoms with Gasteiger partial charge in [0.05, 0.1) is 40.9 Å². The number of rotatable bonds is 6. The van der Waals surface area contributed by atoms with E-state index < -0.39 is 5.91 Å². The number of pyridine rings is 1. The van der Waals surface area contributed by atoms with Gasteiger partial charge in [-0.3, -0.25) is 14.6 Å². The molecule has 0 bridgehead atoms. The normalized spacial score (nSPS) is 12.1. The molecule has 8 nitrogen and oxygen atoms in total. The van der Waals surface area contributed by atoms with Crippen molar-refractivity contribution in [2.45, 2.75) is 26.3 Å². The van der Waals surface area contributed by atoms with E-state index in [2.05, 4.69) is 20.4 Å². The van der Waals surface area contributed by atoms with Gasteiger partial charge in [-0.1, -0.05) is 6.92 Å². The lowest BCUT2D eigenvalue weighted by Crippen LogP contribution is -2.28. The summed E-state index contributed by atoms with van der Waals surface area (Å²) in [7, 11) is 0. The fraction of sp³-hybridized carbons (Fsp3) is 0.190. The van der Waals surface area contributed by atoms with E-state index in [1.165, 1.54) is 29.7 Å². The Labute approximate surface area is 180 Å². The molecule has 31 heavy (non-hydrogen) atoms. The minimum absolute atomic E-state index is 0.336. The number of nitrogens with zero attached hydrogens (tertiary/aromatic N) is 4. The standard InChI is InChI=1S/C21H19FN6O2S/c1-3-16(21-26-11(2)18(31-21)19(23)29)27-20(30)15-8-24-10-17-14(15)9-25-28(17)13-6-4-12(22)5-7-13/h4-10,16H,3H2,1-2H3,(H2,23,29)(H,27,30)/t16-/m0/s1. The van der Waals surface area contributed by atoms with Crippen molar-refractivity contribution in [2.24, 2.45) is 5.73 Å². The molecule has 0 spiro atoms. The maximum atomic E-state index is 13.3. The van der Waals surface area contributed by atoms with Gasteiger partial charge in [0.2, 0.25) is 0 Å². The first-order chi connectivity index (χ1) is 14.9. The van der Waals surface area contributed by atoms with Gasteiger partial charge >= 0.3 is 0 Å². The number of nitrogens with one attached hydrogen (secondary N) is 1.